The minimum absolute atomic E-state index is 0.823. The highest BCUT2D eigenvalue weighted by Gasteiger charge is 2.22. The second-order valence-corrected chi connectivity index (χ2v) is 4.79. The summed E-state index contributed by atoms with van der Waals surface area (Å²) < 4.78 is 0. The molecule has 1 aliphatic carbocycles. The zero-order valence-electron chi connectivity index (χ0n) is 8.31. The SMILES string of the molecule is CNC1CCC(CCCSC)C1. The summed E-state index contributed by atoms with van der Waals surface area (Å²) in [5, 5.41) is 3.38. The smallest absolute Gasteiger partial charge is 0.00668 e. The highest BCUT2D eigenvalue weighted by molar-refractivity contribution is 7.98. The van der Waals surface area contributed by atoms with Crippen LogP contribution in [0.5, 0.6) is 0 Å². The lowest BCUT2D eigenvalue weighted by Gasteiger charge is -2.09. The van der Waals surface area contributed by atoms with Crippen molar-refractivity contribution in [3.63, 3.8) is 0 Å². The van der Waals surface area contributed by atoms with Crippen LogP contribution < -0.4 is 5.32 Å². The molecule has 0 saturated heterocycles. The van der Waals surface area contributed by atoms with Crippen LogP contribution in [0.3, 0.4) is 0 Å². The molecule has 0 heterocycles. The number of nitrogens with one attached hydrogen (secondary N) is 1. The second-order valence-electron chi connectivity index (χ2n) is 3.80. The first-order valence-corrected chi connectivity index (χ1v) is 6.42. The lowest BCUT2D eigenvalue weighted by molar-refractivity contribution is 0.476. The van der Waals surface area contributed by atoms with Crippen molar-refractivity contribution < 1.29 is 0 Å². The molecule has 0 aromatic heterocycles. The third kappa shape index (κ3) is 3.36. The summed E-state index contributed by atoms with van der Waals surface area (Å²) in [6.07, 6.45) is 9.36. The van der Waals surface area contributed by atoms with E-state index in [1.807, 2.05) is 11.8 Å². The monoisotopic (exact) mass is 187 g/mol. The van der Waals surface area contributed by atoms with Crippen LogP contribution >= 0.6 is 11.8 Å². The van der Waals surface area contributed by atoms with E-state index >= 15 is 0 Å². The zero-order chi connectivity index (χ0) is 8.81. The van der Waals surface area contributed by atoms with Crippen LogP contribution in [0, 0.1) is 5.92 Å². The predicted octanol–water partition coefficient (Wildman–Crippen LogP) is 2.52. The van der Waals surface area contributed by atoms with Crippen LogP contribution in [-0.4, -0.2) is 25.1 Å². The Morgan fingerprint density at radius 1 is 1.42 bits per heavy atom. The van der Waals surface area contributed by atoms with E-state index in [0.29, 0.717) is 0 Å². The van der Waals surface area contributed by atoms with Crippen molar-refractivity contribution in [1.29, 1.82) is 0 Å². The van der Waals surface area contributed by atoms with Gasteiger partial charge in [-0.2, -0.15) is 11.8 Å². The Kier molecular flexibility index (Phi) is 5.08. The molecule has 0 aromatic rings. The Bertz CT molecular complexity index is 116. The van der Waals surface area contributed by atoms with Crippen molar-refractivity contribution in [2.24, 2.45) is 5.92 Å². The van der Waals surface area contributed by atoms with Gasteiger partial charge in [0.25, 0.3) is 0 Å². The van der Waals surface area contributed by atoms with E-state index < -0.39 is 0 Å². The predicted molar refractivity (Wildman–Crippen MR) is 57.8 cm³/mol. The molecular formula is C10H21NS. The fourth-order valence-electron chi connectivity index (χ4n) is 2.12. The van der Waals surface area contributed by atoms with Gasteiger partial charge in [-0.05, 0) is 57.1 Å². The summed E-state index contributed by atoms with van der Waals surface area (Å²) in [6.45, 7) is 0. The topological polar surface area (TPSA) is 12.0 Å². The molecule has 0 aliphatic heterocycles. The molecule has 1 aliphatic rings. The average Bonchev–Trinajstić information content (AvgIpc) is 2.53. The molecule has 1 nitrogen and oxygen atoms in total. The highest BCUT2D eigenvalue weighted by atomic mass is 32.2. The van der Waals surface area contributed by atoms with E-state index in [-0.39, 0.29) is 0 Å². The van der Waals surface area contributed by atoms with Crippen LogP contribution in [0.4, 0.5) is 0 Å². The molecule has 1 rings (SSSR count). The molecule has 1 N–H and O–H groups in total. The minimum Gasteiger partial charge on any atom is -0.317 e. The molecule has 1 saturated carbocycles. The Morgan fingerprint density at radius 3 is 2.83 bits per heavy atom. The number of hydrogen-bond acceptors (Lipinski definition) is 2. The summed E-state index contributed by atoms with van der Waals surface area (Å²) in [5.41, 5.74) is 0. The Labute approximate surface area is 80.7 Å². The maximum atomic E-state index is 3.38. The molecule has 12 heavy (non-hydrogen) atoms. The van der Waals surface area contributed by atoms with Crippen molar-refractivity contribution in [1.82, 2.24) is 5.32 Å². The summed E-state index contributed by atoms with van der Waals surface area (Å²) >= 11 is 1.98. The lowest BCUT2D eigenvalue weighted by Crippen LogP contribution is -2.21. The molecule has 0 radical (unpaired) electrons. The van der Waals surface area contributed by atoms with Gasteiger partial charge >= 0.3 is 0 Å². The van der Waals surface area contributed by atoms with E-state index in [1.165, 1.54) is 37.9 Å². The summed E-state index contributed by atoms with van der Waals surface area (Å²) in [4.78, 5) is 0. The number of thioether (sulfide) groups is 1. The van der Waals surface area contributed by atoms with Crippen LogP contribution in [-0.2, 0) is 0 Å². The molecular weight excluding hydrogens is 166 g/mol. The average molecular weight is 187 g/mol. The summed E-state index contributed by atoms with van der Waals surface area (Å²) in [6, 6.07) is 0.823. The Morgan fingerprint density at radius 2 is 2.25 bits per heavy atom. The number of rotatable bonds is 5. The molecule has 2 unspecified atom stereocenters. The first-order chi connectivity index (χ1) is 5.86. The van der Waals surface area contributed by atoms with E-state index in [4.69, 9.17) is 0 Å². The molecule has 72 valence electrons. The largest absolute Gasteiger partial charge is 0.317 e. The van der Waals surface area contributed by atoms with Gasteiger partial charge in [-0.3, -0.25) is 0 Å². The molecule has 0 spiro atoms. The van der Waals surface area contributed by atoms with Gasteiger partial charge in [-0.1, -0.05) is 0 Å². The van der Waals surface area contributed by atoms with Gasteiger partial charge in [0.05, 0.1) is 0 Å². The third-order valence-corrected chi connectivity index (χ3v) is 3.61. The van der Waals surface area contributed by atoms with Gasteiger partial charge in [0.15, 0.2) is 0 Å². The maximum absolute atomic E-state index is 3.38. The van der Waals surface area contributed by atoms with Gasteiger partial charge < -0.3 is 5.32 Å². The molecule has 0 bridgehead atoms. The fourth-order valence-corrected chi connectivity index (χ4v) is 2.57. The lowest BCUT2D eigenvalue weighted by atomic mass is 10.0. The van der Waals surface area contributed by atoms with Gasteiger partial charge in [0, 0.05) is 6.04 Å². The van der Waals surface area contributed by atoms with E-state index in [9.17, 15) is 0 Å². The first-order valence-electron chi connectivity index (χ1n) is 5.03. The van der Waals surface area contributed by atoms with E-state index in [1.54, 1.807) is 0 Å². The van der Waals surface area contributed by atoms with Crippen molar-refractivity contribution >= 4 is 11.8 Å². The molecule has 1 fully saturated rings. The summed E-state index contributed by atoms with van der Waals surface area (Å²) in [5.74, 6) is 2.37. The number of hydrogen-bond donors (Lipinski definition) is 1. The summed E-state index contributed by atoms with van der Waals surface area (Å²) in [7, 11) is 2.09. The van der Waals surface area contributed by atoms with E-state index in [0.717, 1.165) is 12.0 Å². The molecule has 0 aromatic carbocycles. The minimum atomic E-state index is 0.823. The van der Waals surface area contributed by atoms with Crippen LogP contribution in [0.1, 0.15) is 32.1 Å². The second kappa shape index (κ2) is 5.87. The first kappa shape index (κ1) is 10.4. The zero-order valence-corrected chi connectivity index (χ0v) is 9.12. The maximum Gasteiger partial charge on any atom is 0.00668 e. The third-order valence-electron chi connectivity index (χ3n) is 2.91. The van der Waals surface area contributed by atoms with Crippen molar-refractivity contribution in [3.8, 4) is 0 Å². The van der Waals surface area contributed by atoms with Crippen LogP contribution in [0.2, 0.25) is 0 Å². The van der Waals surface area contributed by atoms with Crippen molar-refractivity contribution in [2.45, 2.75) is 38.1 Å². The van der Waals surface area contributed by atoms with Crippen molar-refractivity contribution in [3.05, 3.63) is 0 Å². The van der Waals surface area contributed by atoms with Crippen LogP contribution in [0.25, 0.3) is 0 Å². The normalized spacial score (nSPS) is 29.5. The molecule has 2 heteroatoms. The Balaban J connectivity index is 2.03. The van der Waals surface area contributed by atoms with Crippen LogP contribution in [0.15, 0.2) is 0 Å². The molecule has 0 amide bonds. The quantitative estimate of drug-likeness (QED) is 0.664. The van der Waals surface area contributed by atoms with Gasteiger partial charge in [0.1, 0.15) is 0 Å². The van der Waals surface area contributed by atoms with E-state index in [2.05, 4.69) is 18.6 Å². The van der Waals surface area contributed by atoms with Gasteiger partial charge in [0.2, 0.25) is 0 Å². The van der Waals surface area contributed by atoms with Gasteiger partial charge in [-0.15, -0.1) is 0 Å². The molecule has 2 atom stereocenters. The standard InChI is InChI=1S/C10H21NS/c1-11-10-6-5-9(8-10)4-3-7-12-2/h9-11H,3-8H2,1-2H3. The fraction of sp³-hybridized carbons (Fsp3) is 1.00. The van der Waals surface area contributed by atoms with Crippen molar-refractivity contribution in [2.75, 3.05) is 19.1 Å². The Hall–Kier alpha value is 0.310. The highest BCUT2D eigenvalue weighted by Crippen LogP contribution is 2.29. The van der Waals surface area contributed by atoms with Gasteiger partial charge in [-0.25, -0.2) is 0 Å².